The van der Waals surface area contributed by atoms with E-state index in [-0.39, 0.29) is 23.9 Å². The van der Waals surface area contributed by atoms with Crippen LogP contribution in [0.2, 0.25) is 0 Å². The maximum atomic E-state index is 13.5. The SMILES string of the molecule is Cc1noc(-c2nn(C)c3c2CN(S(=O)(=O)c2cccc(F)c2)CC3)n1. The average molecular weight is 377 g/mol. The van der Waals surface area contributed by atoms with Gasteiger partial charge in [0.1, 0.15) is 5.82 Å². The summed E-state index contributed by atoms with van der Waals surface area (Å²) < 4.78 is 47.5. The number of hydrogen-bond donors (Lipinski definition) is 0. The van der Waals surface area contributed by atoms with E-state index in [2.05, 4.69) is 15.2 Å². The molecule has 0 unspecified atom stereocenters. The summed E-state index contributed by atoms with van der Waals surface area (Å²) in [6.07, 6.45) is 0.487. The number of benzene rings is 1. The van der Waals surface area contributed by atoms with Crippen molar-refractivity contribution in [2.45, 2.75) is 24.8 Å². The minimum absolute atomic E-state index is 0.0694. The highest BCUT2D eigenvalue weighted by Crippen LogP contribution is 2.31. The second-order valence-corrected chi connectivity index (χ2v) is 8.03. The molecular formula is C16H16FN5O3S. The van der Waals surface area contributed by atoms with E-state index in [1.165, 1.54) is 22.5 Å². The Morgan fingerprint density at radius 3 is 2.81 bits per heavy atom. The Balaban J connectivity index is 1.74. The predicted octanol–water partition coefficient (Wildman–Crippen LogP) is 1.66. The van der Waals surface area contributed by atoms with Gasteiger partial charge in [0.05, 0.1) is 4.90 Å². The molecule has 8 nitrogen and oxygen atoms in total. The molecule has 0 saturated carbocycles. The minimum Gasteiger partial charge on any atom is -0.332 e. The molecule has 2 aromatic heterocycles. The molecule has 0 radical (unpaired) electrons. The van der Waals surface area contributed by atoms with Crippen LogP contribution in [-0.2, 0) is 30.0 Å². The van der Waals surface area contributed by atoms with Crippen molar-refractivity contribution >= 4 is 10.0 Å². The summed E-state index contributed by atoms with van der Waals surface area (Å²) in [5.74, 6) is 0.135. The van der Waals surface area contributed by atoms with Gasteiger partial charge in [-0.3, -0.25) is 4.68 Å². The molecule has 10 heteroatoms. The lowest BCUT2D eigenvalue weighted by Crippen LogP contribution is -2.36. The zero-order valence-corrected chi connectivity index (χ0v) is 15.0. The van der Waals surface area contributed by atoms with Crippen molar-refractivity contribution in [3.8, 4) is 11.6 Å². The third-order valence-corrected chi connectivity index (χ3v) is 6.21. The van der Waals surface area contributed by atoms with Crippen molar-refractivity contribution in [1.29, 1.82) is 0 Å². The van der Waals surface area contributed by atoms with Gasteiger partial charge in [-0.2, -0.15) is 14.4 Å². The summed E-state index contributed by atoms with van der Waals surface area (Å²) in [7, 11) is -2.03. The van der Waals surface area contributed by atoms with Gasteiger partial charge in [-0.1, -0.05) is 11.2 Å². The fourth-order valence-electron chi connectivity index (χ4n) is 3.11. The lowest BCUT2D eigenvalue weighted by atomic mass is 10.1. The molecule has 0 amide bonds. The van der Waals surface area contributed by atoms with Gasteiger partial charge >= 0.3 is 0 Å². The van der Waals surface area contributed by atoms with E-state index in [1.807, 2.05) is 0 Å². The first kappa shape index (κ1) is 16.9. The van der Waals surface area contributed by atoms with Gasteiger partial charge in [0.25, 0.3) is 5.89 Å². The molecule has 0 saturated heterocycles. The standard InChI is InChI=1S/C16H16FN5O3S/c1-10-18-16(25-20-10)15-13-9-22(7-6-14(13)21(2)19-15)26(23,24)12-5-3-4-11(17)8-12/h3-5,8H,6-7,9H2,1-2H3. The number of aryl methyl sites for hydroxylation is 2. The van der Waals surface area contributed by atoms with Crippen LogP contribution in [-0.4, -0.2) is 39.2 Å². The number of sulfonamides is 1. The molecule has 4 rings (SSSR count). The predicted molar refractivity (Wildman–Crippen MR) is 88.9 cm³/mol. The number of aromatic nitrogens is 4. The van der Waals surface area contributed by atoms with Crippen LogP contribution in [0.25, 0.3) is 11.6 Å². The van der Waals surface area contributed by atoms with E-state index in [9.17, 15) is 12.8 Å². The number of halogens is 1. The zero-order chi connectivity index (χ0) is 18.5. The van der Waals surface area contributed by atoms with E-state index in [0.29, 0.717) is 17.9 Å². The molecule has 0 atom stereocenters. The van der Waals surface area contributed by atoms with Gasteiger partial charge in [0.15, 0.2) is 11.5 Å². The zero-order valence-electron chi connectivity index (χ0n) is 14.2. The Bertz CT molecular complexity index is 1090. The molecule has 3 aromatic rings. The van der Waals surface area contributed by atoms with E-state index in [4.69, 9.17) is 4.52 Å². The van der Waals surface area contributed by atoms with Crippen LogP contribution < -0.4 is 0 Å². The number of rotatable bonds is 3. The summed E-state index contributed by atoms with van der Waals surface area (Å²) in [6.45, 7) is 2.09. The van der Waals surface area contributed by atoms with Gasteiger partial charge in [-0.15, -0.1) is 0 Å². The Labute approximate surface area is 149 Å². The second kappa shape index (κ2) is 5.99. The van der Waals surface area contributed by atoms with Gasteiger partial charge in [0, 0.05) is 37.8 Å². The normalized spacial score (nSPS) is 15.2. The quantitative estimate of drug-likeness (QED) is 0.689. The summed E-state index contributed by atoms with van der Waals surface area (Å²) >= 11 is 0. The Morgan fingerprint density at radius 1 is 1.31 bits per heavy atom. The molecule has 0 aliphatic carbocycles. The Morgan fingerprint density at radius 2 is 2.12 bits per heavy atom. The van der Waals surface area contributed by atoms with Crippen LogP contribution in [0.15, 0.2) is 33.7 Å². The first-order valence-electron chi connectivity index (χ1n) is 7.97. The molecule has 1 aliphatic heterocycles. The number of nitrogens with zero attached hydrogens (tertiary/aromatic N) is 5. The van der Waals surface area contributed by atoms with Crippen molar-refractivity contribution in [2.24, 2.45) is 7.05 Å². The molecule has 0 spiro atoms. The lowest BCUT2D eigenvalue weighted by molar-refractivity contribution is 0.384. The first-order valence-corrected chi connectivity index (χ1v) is 9.41. The molecule has 3 heterocycles. The van der Waals surface area contributed by atoms with E-state index in [0.717, 1.165) is 17.3 Å². The van der Waals surface area contributed by atoms with Crippen molar-refractivity contribution in [3.05, 3.63) is 47.2 Å². The number of hydrogen-bond acceptors (Lipinski definition) is 6. The maximum Gasteiger partial charge on any atom is 0.278 e. The molecular weight excluding hydrogens is 361 g/mol. The smallest absolute Gasteiger partial charge is 0.278 e. The van der Waals surface area contributed by atoms with Gasteiger partial charge < -0.3 is 4.52 Å². The summed E-state index contributed by atoms with van der Waals surface area (Å²) in [6, 6.07) is 5.01. The Hall–Kier alpha value is -2.59. The van der Waals surface area contributed by atoms with Crippen LogP contribution in [0.5, 0.6) is 0 Å². The van der Waals surface area contributed by atoms with Crippen LogP contribution in [0.3, 0.4) is 0 Å². The second-order valence-electron chi connectivity index (χ2n) is 6.09. The largest absolute Gasteiger partial charge is 0.332 e. The van der Waals surface area contributed by atoms with E-state index in [1.54, 1.807) is 18.7 Å². The van der Waals surface area contributed by atoms with E-state index < -0.39 is 15.8 Å². The average Bonchev–Trinajstić information content (AvgIpc) is 3.18. The summed E-state index contributed by atoms with van der Waals surface area (Å²) in [5, 5.41) is 8.19. The maximum absolute atomic E-state index is 13.5. The topological polar surface area (TPSA) is 94.1 Å². The molecule has 0 fully saturated rings. The lowest BCUT2D eigenvalue weighted by Gasteiger charge is -2.26. The van der Waals surface area contributed by atoms with Crippen LogP contribution in [0, 0.1) is 12.7 Å². The van der Waals surface area contributed by atoms with Gasteiger partial charge in [0.2, 0.25) is 10.0 Å². The molecule has 0 N–H and O–H groups in total. The van der Waals surface area contributed by atoms with Crippen LogP contribution in [0.4, 0.5) is 4.39 Å². The monoisotopic (exact) mass is 377 g/mol. The van der Waals surface area contributed by atoms with Crippen LogP contribution in [0.1, 0.15) is 17.1 Å². The van der Waals surface area contributed by atoms with Crippen molar-refractivity contribution in [1.82, 2.24) is 24.2 Å². The summed E-state index contributed by atoms with van der Waals surface area (Å²) in [4.78, 5) is 4.12. The third-order valence-electron chi connectivity index (χ3n) is 4.37. The highest BCUT2D eigenvalue weighted by atomic mass is 32.2. The molecule has 1 aromatic carbocycles. The highest BCUT2D eigenvalue weighted by Gasteiger charge is 2.33. The molecule has 26 heavy (non-hydrogen) atoms. The highest BCUT2D eigenvalue weighted by molar-refractivity contribution is 7.89. The molecule has 0 bridgehead atoms. The van der Waals surface area contributed by atoms with Gasteiger partial charge in [-0.25, -0.2) is 12.8 Å². The van der Waals surface area contributed by atoms with Gasteiger partial charge in [-0.05, 0) is 25.1 Å². The van der Waals surface area contributed by atoms with E-state index >= 15 is 0 Å². The third kappa shape index (κ3) is 2.71. The first-order chi connectivity index (χ1) is 12.4. The number of fused-ring (bicyclic) bond motifs is 1. The Kier molecular flexibility index (Phi) is 3.88. The van der Waals surface area contributed by atoms with Crippen LogP contribution >= 0.6 is 0 Å². The minimum atomic E-state index is -3.82. The summed E-state index contributed by atoms with van der Waals surface area (Å²) in [5.41, 5.74) is 2.12. The van der Waals surface area contributed by atoms with Crippen molar-refractivity contribution < 1.29 is 17.3 Å². The fourth-order valence-corrected chi connectivity index (χ4v) is 4.56. The van der Waals surface area contributed by atoms with Crippen molar-refractivity contribution in [3.63, 3.8) is 0 Å². The molecule has 1 aliphatic rings. The fraction of sp³-hybridized carbons (Fsp3) is 0.312. The van der Waals surface area contributed by atoms with Crippen molar-refractivity contribution in [2.75, 3.05) is 6.54 Å². The molecule has 136 valence electrons.